The molecule has 1 aromatic carbocycles. The van der Waals surface area contributed by atoms with Crippen molar-refractivity contribution in [2.75, 3.05) is 5.32 Å². The molecular weight excluding hydrogens is 310 g/mol. The quantitative estimate of drug-likeness (QED) is 0.786. The van der Waals surface area contributed by atoms with Crippen LogP contribution >= 0.6 is 11.3 Å². The van der Waals surface area contributed by atoms with Gasteiger partial charge in [-0.2, -0.15) is 5.26 Å². The molecule has 1 amide bonds. The second-order valence-corrected chi connectivity index (χ2v) is 6.00. The number of nitrogens with one attached hydrogen (secondary N) is 1. The predicted molar refractivity (Wildman–Crippen MR) is 88.3 cm³/mol. The van der Waals surface area contributed by atoms with Crippen molar-refractivity contribution in [2.24, 2.45) is 0 Å². The Balaban J connectivity index is 1.96. The van der Waals surface area contributed by atoms with Gasteiger partial charge >= 0.3 is 0 Å². The minimum atomic E-state index is -0.337. The van der Waals surface area contributed by atoms with Crippen LogP contribution in [0.15, 0.2) is 47.1 Å². The summed E-state index contributed by atoms with van der Waals surface area (Å²) in [5.41, 5.74) is 2.70. The normalized spacial score (nSPS) is 10.3. The molecule has 0 fully saturated rings. The van der Waals surface area contributed by atoms with Crippen LogP contribution < -0.4 is 5.32 Å². The molecular formula is C17H13N3O2S. The van der Waals surface area contributed by atoms with Gasteiger partial charge in [0.25, 0.3) is 5.91 Å². The molecule has 6 heteroatoms. The molecule has 0 aliphatic heterocycles. The van der Waals surface area contributed by atoms with Gasteiger partial charge in [0.05, 0.1) is 18.8 Å². The Bertz CT molecular complexity index is 858. The number of carbonyl (C=O) groups is 1. The summed E-state index contributed by atoms with van der Waals surface area (Å²) in [6, 6.07) is 13.2. The molecule has 23 heavy (non-hydrogen) atoms. The highest BCUT2D eigenvalue weighted by Gasteiger charge is 2.17. The number of furan rings is 1. The third-order valence-corrected chi connectivity index (χ3v) is 4.17. The molecule has 2 aromatic heterocycles. The molecule has 0 unspecified atom stereocenters. The minimum absolute atomic E-state index is 0.208. The second-order valence-electron chi connectivity index (χ2n) is 4.92. The zero-order valence-electron chi connectivity index (χ0n) is 12.4. The maximum absolute atomic E-state index is 12.2. The molecule has 5 nitrogen and oxygen atoms in total. The van der Waals surface area contributed by atoms with Crippen LogP contribution in [0.5, 0.6) is 0 Å². The van der Waals surface area contributed by atoms with Crippen molar-refractivity contribution >= 4 is 22.2 Å². The van der Waals surface area contributed by atoms with E-state index in [2.05, 4.69) is 16.4 Å². The van der Waals surface area contributed by atoms with Gasteiger partial charge < -0.3 is 9.73 Å². The SMILES string of the molecule is Cc1ccc(-c2nc(CC#N)sc2NC(=O)c2ccco2)cc1. The van der Waals surface area contributed by atoms with Gasteiger partial charge in [0.1, 0.15) is 15.7 Å². The molecule has 0 aliphatic carbocycles. The summed E-state index contributed by atoms with van der Waals surface area (Å²) >= 11 is 1.30. The number of aromatic nitrogens is 1. The van der Waals surface area contributed by atoms with E-state index in [1.165, 1.54) is 17.6 Å². The van der Waals surface area contributed by atoms with Crippen LogP contribution in [-0.4, -0.2) is 10.9 Å². The van der Waals surface area contributed by atoms with Crippen LogP contribution in [-0.2, 0) is 6.42 Å². The van der Waals surface area contributed by atoms with Crippen LogP contribution in [0, 0.1) is 18.3 Å². The van der Waals surface area contributed by atoms with E-state index >= 15 is 0 Å². The number of aryl methyl sites for hydroxylation is 1. The van der Waals surface area contributed by atoms with Crippen molar-refractivity contribution in [3.63, 3.8) is 0 Å². The first kappa shape index (κ1) is 15.0. The van der Waals surface area contributed by atoms with Crippen molar-refractivity contribution in [3.8, 4) is 17.3 Å². The summed E-state index contributed by atoms with van der Waals surface area (Å²) in [6.07, 6.45) is 1.66. The Morgan fingerprint density at radius 2 is 2.13 bits per heavy atom. The maximum atomic E-state index is 12.2. The average molecular weight is 323 g/mol. The second kappa shape index (κ2) is 6.46. The van der Waals surface area contributed by atoms with E-state index in [0.717, 1.165) is 11.1 Å². The third kappa shape index (κ3) is 3.30. The van der Waals surface area contributed by atoms with Crippen molar-refractivity contribution in [3.05, 3.63) is 59.0 Å². The van der Waals surface area contributed by atoms with Crippen molar-refractivity contribution in [2.45, 2.75) is 13.3 Å². The van der Waals surface area contributed by atoms with E-state index in [1.807, 2.05) is 31.2 Å². The molecule has 0 saturated carbocycles. The molecule has 0 spiro atoms. The van der Waals surface area contributed by atoms with Crippen LogP contribution in [0.3, 0.4) is 0 Å². The number of nitriles is 1. The van der Waals surface area contributed by atoms with Crippen molar-refractivity contribution in [1.29, 1.82) is 5.26 Å². The summed E-state index contributed by atoms with van der Waals surface area (Å²) in [5.74, 6) is -0.106. The predicted octanol–water partition coefficient (Wildman–Crippen LogP) is 4.03. The van der Waals surface area contributed by atoms with E-state index in [0.29, 0.717) is 15.7 Å². The van der Waals surface area contributed by atoms with Gasteiger partial charge in [0, 0.05) is 5.56 Å². The zero-order chi connectivity index (χ0) is 16.2. The molecule has 0 bridgehead atoms. The van der Waals surface area contributed by atoms with Gasteiger partial charge in [-0.05, 0) is 19.1 Å². The highest BCUT2D eigenvalue weighted by atomic mass is 32.1. The molecule has 1 N–H and O–H groups in total. The number of carbonyl (C=O) groups excluding carboxylic acids is 1. The number of hydrogen-bond donors (Lipinski definition) is 1. The number of anilines is 1. The highest BCUT2D eigenvalue weighted by Crippen LogP contribution is 2.34. The Hall–Kier alpha value is -2.91. The minimum Gasteiger partial charge on any atom is -0.459 e. The van der Waals surface area contributed by atoms with Crippen LogP contribution in [0.2, 0.25) is 0 Å². The number of amides is 1. The number of benzene rings is 1. The van der Waals surface area contributed by atoms with Crippen LogP contribution in [0.25, 0.3) is 11.3 Å². The Labute approximate surface area is 137 Å². The van der Waals surface area contributed by atoms with E-state index in [4.69, 9.17) is 9.68 Å². The lowest BCUT2D eigenvalue weighted by atomic mass is 10.1. The number of thiazole rings is 1. The lowest BCUT2D eigenvalue weighted by Gasteiger charge is -2.04. The zero-order valence-corrected chi connectivity index (χ0v) is 13.2. The molecule has 0 radical (unpaired) electrons. The summed E-state index contributed by atoms with van der Waals surface area (Å²) in [6.45, 7) is 2.01. The Morgan fingerprint density at radius 3 is 2.78 bits per heavy atom. The number of nitrogens with zero attached hydrogens (tertiary/aromatic N) is 2. The van der Waals surface area contributed by atoms with E-state index in [-0.39, 0.29) is 18.1 Å². The Kier molecular flexibility index (Phi) is 4.22. The summed E-state index contributed by atoms with van der Waals surface area (Å²) < 4.78 is 5.10. The standard InChI is InChI=1S/C17H13N3O2S/c1-11-4-6-12(7-5-11)15-17(23-14(19-15)8-9-18)20-16(21)13-3-2-10-22-13/h2-7,10H,8H2,1H3,(H,20,21). The molecule has 0 atom stereocenters. The molecule has 3 rings (SSSR count). The number of hydrogen-bond acceptors (Lipinski definition) is 5. The summed E-state index contributed by atoms with van der Waals surface area (Å²) in [4.78, 5) is 16.7. The first-order valence-electron chi connectivity index (χ1n) is 6.96. The van der Waals surface area contributed by atoms with Crippen molar-refractivity contribution < 1.29 is 9.21 Å². The fourth-order valence-corrected chi connectivity index (χ4v) is 2.99. The third-order valence-electron chi connectivity index (χ3n) is 3.20. The lowest BCUT2D eigenvalue weighted by molar-refractivity contribution is 0.0997. The maximum Gasteiger partial charge on any atom is 0.292 e. The fraction of sp³-hybridized carbons (Fsp3) is 0.118. The summed E-state index contributed by atoms with van der Waals surface area (Å²) in [7, 11) is 0. The number of rotatable bonds is 4. The average Bonchev–Trinajstić information content (AvgIpc) is 3.19. The highest BCUT2D eigenvalue weighted by molar-refractivity contribution is 7.16. The summed E-state index contributed by atoms with van der Waals surface area (Å²) in [5, 5.41) is 13.0. The van der Waals surface area contributed by atoms with Crippen LogP contribution in [0.4, 0.5) is 5.00 Å². The van der Waals surface area contributed by atoms with E-state index in [1.54, 1.807) is 12.1 Å². The van der Waals surface area contributed by atoms with E-state index < -0.39 is 0 Å². The molecule has 114 valence electrons. The van der Waals surface area contributed by atoms with Gasteiger partial charge in [-0.15, -0.1) is 0 Å². The molecule has 0 aliphatic rings. The smallest absolute Gasteiger partial charge is 0.292 e. The molecule has 2 heterocycles. The Morgan fingerprint density at radius 1 is 1.35 bits per heavy atom. The van der Waals surface area contributed by atoms with Gasteiger partial charge in [0.2, 0.25) is 0 Å². The van der Waals surface area contributed by atoms with Gasteiger partial charge in [-0.25, -0.2) is 4.98 Å². The van der Waals surface area contributed by atoms with E-state index in [9.17, 15) is 4.79 Å². The fourth-order valence-electron chi connectivity index (χ4n) is 2.07. The topological polar surface area (TPSA) is 78.9 Å². The largest absolute Gasteiger partial charge is 0.459 e. The first-order valence-corrected chi connectivity index (χ1v) is 7.77. The van der Waals surface area contributed by atoms with Crippen molar-refractivity contribution in [1.82, 2.24) is 4.98 Å². The van der Waals surface area contributed by atoms with Gasteiger partial charge in [0.15, 0.2) is 5.76 Å². The monoisotopic (exact) mass is 323 g/mol. The molecule has 3 aromatic rings. The van der Waals surface area contributed by atoms with Gasteiger partial charge in [-0.1, -0.05) is 41.2 Å². The van der Waals surface area contributed by atoms with Crippen LogP contribution in [0.1, 0.15) is 21.1 Å². The first-order chi connectivity index (χ1) is 11.2. The lowest BCUT2D eigenvalue weighted by Crippen LogP contribution is -2.10. The van der Waals surface area contributed by atoms with Gasteiger partial charge in [-0.3, -0.25) is 4.79 Å². The molecule has 0 saturated heterocycles.